The van der Waals surface area contributed by atoms with Gasteiger partial charge in [0.05, 0.1) is 6.61 Å². The monoisotopic (exact) mass is 231 g/mol. The summed E-state index contributed by atoms with van der Waals surface area (Å²) in [5.74, 6) is 0.806. The van der Waals surface area contributed by atoms with E-state index in [0.717, 1.165) is 11.3 Å². The molecule has 1 heterocycles. The molecule has 4 nitrogen and oxygen atoms in total. The van der Waals surface area contributed by atoms with Crippen molar-refractivity contribution in [3.8, 4) is 5.75 Å². The maximum absolute atomic E-state index is 11.3. The van der Waals surface area contributed by atoms with Crippen molar-refractivity contribution in [2.24, 2.45) is 0 Å². The number of hydrogen-bond donors (Lipinski definition) is 1. The topological polar surface area (TPSA) is 55.2 Å². The highest BCUT2D eigenvalue weighted by atomic mass is 16.5. The molecule has 4 heteroatoms. The number of ether oxygens (including phenoxy) is 1. The van der Waals surface area contributed by atoms with Crippen LogP contribution in [0, 0.1) is 0 Å². The highest BCUT2D eigenvalue weighted by molar-refractivity contribution is 5.49. The predicted octanol–water partition coefficient (Wildman–Crippen LogP) is 0.606. The quantitative estimate of drug-likeness (QED) is 0.841. The smallest absolute Gasteiger partial charge is 0.361 e. The number of aromatic nitrogens is 1. The molecule has 2 rings (SSSR count). The lowest BCUT2D eigenvalue weighted by Crippen LogP contribution is -2.20. The van der Waals surface area contributed by atoms with Gasteiger partial charge >= 0.3 is 5.63 Å². The van der Waals surface area contributed by atoms with Crippen molar-refractivity contribution >= 4 is 12.7 Å². The Hall–Kier alpha value is -2.23. The zero-order valence-corrected chi connectivity index (χ0v) is 9.53. The lowest BCUT2D eigenvalue weighted by molar-refractivity contribution is 0.340. The minimum atomic E-state index is -0.413. The molecule has 0 aliphatic heterocycles. The Morgan fingerprint density at radius 3 is 2.65 bits per heavy atom. The molecule has 1 aromatic carbocycles. The van der Waals surface area contributed by atoms with Crippen LogP contribution in [-0.4, -0.2) is 11.6 Å². The summed E-state index contributed by atoms with van der Waals surface area (Å²) in [6.45, 7) is 6.08. The molecular formula is C13H13NO3. The van der Waals surface area contributed by atoms with Crippen molar-refractivity contribution in [1.29, 1.82) is 0 Å². The van der Waals surface area contributed by atoms with Crippen molar-refractivity contribution < 1.29 is 9.15 Å². The van der Waals surface area contributed by atoms with Gasteiger partial charge in [0.1, 0.15) is 11.1 Å². The molecule has 0 aliphatic rings. The van der Waals surface area contributed by atoms with E-state index in [1.807, 2.05) is 31.2 Å². The fraction of sp³-hybridized carbons (Fsp3) is 0.154. The van der Waals surface area contributed by atoms with E-state index in [2.05, 4.69) is 11.6 Å². The van der Waals surface area contributed by atoms with Crippen molar-refractivity contribution in [3.63, 3.8) is 0 Å². The third-order valence-electron chi connectivity index (χ3n) is 2.21. The van der Waals surface area contributed by atoms with Gasteiger partial charge in [-0.05, 0) is 37.3 Å². The van der Waals surface area contributed by atoms with Crippen LogP contribution >= 0.6 is 0 Å². The Labute approximate surface area is 97.9 Å². The number of aromatic amines is 1. The first-order chi connectivity index (χ1) is 8.19. The summed E-state index contributed by atoms with van der Waals surface area (Å²) in [6.07, 6.45) is 1.70. The van der Waals surface area contributed by atoms with Crippen molar-refractivity contribution in [1.82, 2.24) is 4.98 Å². The molecule has 0 saturated heterocycles. The largest absolute Gasteiger partial charge is 0.494 e. The Morgan fingerprint density at radius 1 is 1.41 bits per heavy atom. The molecule has 0 radical (unpaired) electrons. The van der Waals surface area contributed by atoms with Gasteiger partial charge in [-0.1, -0.05) is 12.1 Å². The molecular weight excluding hydrogens is 218 g/mol. The Morgan fingerprint density at radius 2 is 2.12 bits per heavy atom. The van der Waals surface area contributed by atoms with E-state index in [0.29, 0.717) is 12.0 Å². The molecule has 0 atom stereocenters. The molecule has 0 bridgehead atoms. The van der Waals surface area contributed by atoms with Crippen molar-refractivity contribution in [3.05, 3.63) is 51.1 Å². The fourth-order valence-corrected chi connectivity index (χ4v) is 1.48. The Kier molecular flexibility index (Phi) is 3.14. The van der Waals surface area contributed by atoms with Crippen LogP contribution in [0.25, 0.3) is 12.7 Å². The molecule has 0 amide bonds. The second-order valence-corrected chi connectivity index (χ2v) is 3.50. The van der Waals surface area contributed by atoms with Crippen LogP contribution in [0.4, 0.5) is 0 Å². The molecule has 0 fully saturated rings. The number of hydrogen-bond acceptors (Lipinski definition) is 3. The molecule has 1 N–H and O–H groups in total. The van der Waals surface area contributed by atoms with Crippen LogP contribution in [0.1, 0.15) is 12.5 Å². The fourth-order valence-electron chi connectivity index (χ4n) is 1.48. The first-order valence-corrected chi connectivity index (χ1v) is 5.31. The van der Waals surface area contributed by atoms with E-state index >= 15 is 0 Å². The van der Waals surface area contributed by atoms with E-state index in [1.165, 1.54) is 0 Å². The highest BCUT2D eigenvalue weighted by Gasteiger charge is 1.96. The SMILES string of the molecule is C=c1[nH]c(=Cc2ccc(OCC)cc2)c(=O)o1. The molecule has 1 aromatic heterocycles. The van der Waals surface area contributed by atoms with Gasteiger partial charge in [-0.25, -0.2) is 4.79 Å². The van der Waals surface area contributed by atoms with Crippen LogP contribution in [-0.2, 0) is 0 Å². The molecule has 17 heavy (non-hydrogen) atoms. The normalized spacial score (nSPS) is 11.7. The first-order valence-electron chi connectivity index (χ1n) is 5.31. The number of rotatable bonds is 3. The van der Waals surface area contributed by atoms with Crippen LogP contribution in [0.15, 0.2) is 33.5 Å². The molecule has 0 unspecified atom stereocenters. The summed E-state index contributed by atoms with van der Waals surface area (Å²) in [5.41, 5.74) is 0.735. The number of nitrogens with one attached hydrogen (secondary N) is 1. The van der Waals surface area contributed by atoms with Crippen molar-refractivity contribution in [2.75, 3.05) is 6.61 Å². The summed E-state index contributed by atoms with van der Waals surface area (Å²) in [5, 5.41) is 0.388. The van der Waals surface area contributed by atoms with Gasteiger partial charge in [0, 0.05) is 0 Å². The second-order valence-electron chi connectivity index (χ2n) is 3.50. The van der Waals surface area contributed by atoms with E-state index < -0.39 is 5.63 Å². The van der Waals surface area contributed by atoms with Gasteiger partial charge in [0.2, 0.25) is 0 Å². The Balaban J connectivity index is 2.36. The molecule has 0 saturated carbocycles. The summed E-state index contributed by atoms with van der Waals surface area (Å²) in [7, 11) is 0. The van der Waals surface area contributed by atoms with Gasteiger partial charge in [-0.2, -0.15) is 0 Å². The van der Waals surface area contributed by atoms with Gasteiger partial charge in [0.15, 0.2) is 5.55 Å². The lowest BCUT2D eigenvalue weighted by atomic mass is 10.2. The highest BCUT2D eigenvalue weighted by Crippen LogP contribution is 2.11. The van der Waals surface area contributed by atoms with Crippen LogP contribution < -0.4 is 21.3 Å². The lowest BCUT2D eigenvalue weighted by Gasteiger charge is -2.01. The van der Waals surface area contributed by atoms with Gasteiger partial charge < -0.3 is 14.1 Å². The number of H-pyrrole nitrogens is 1. The van der Waals surface area contributed by atoms with Crippen LogP contribution in [0.5, 0.6) is 5.75 Å². The average Bonchev–Trinajstić information content (AvgIpc) is 2.61. The van der Waals surface area contributed by atoms with Crippen LogP contribution in [0.3, 0.4) is 0 Å². The van der Waals surface area contributed by atoms with E-state index in [9.17, 15) is 4.79 Å². The summed E-state index contributed by atoms with van der Waals surface area (Å²) < 4.78 is 10.1. The molecule has 88 valence electrons. The zero-order chi connectivity index (χ0) is 12.3. The van der Waals surface area contributed by atoms with Gasteiger partial charge in [-0.3, -0.25) is 0 Å². The minimum Gasteiger partial charge on any atom is -0.494 e. The van der Waals surface area contributed by atoms with Gasteiger partial charge in [-0.15, -0.1) is 0 Å². The van der Waals surface area contributed by atoms with Crippen molar-refractivity contribution in [2.45, 2.75) is 6.92 Å². The second kappa shape index (κ2) is 4.74. The Bertz CT molecular complexity index is 649. The first kappa shape index (κ1) is 11.3. The molecule has 2 aromatic rings. The maximum atomic E-state index is 11.3. The van der Waals surface area contributed by atoms with Crippen LogP contribution in [0.2, 0.25) is 0 Å². The van der Waals surface area contributed by atoms with E-state index in [-0.39, 0.29) is 5.55 Å². The molecule has 0 aliphatic carbocycles. The summed E-state index contributed by atoms with van der Waals surface area (Å²) in [4.78, 5) is 14.1. The minimum absolute atomic E-state index is 0.257. The standard InChI is InChI=1S/C13H13NO3/c1-3-16-11-6-4-10(5-7-11)8-12-13(15)17-9(2)14-12/h4-8,14H,2-3H2,1H3. The van der Waals surface area contributed by atoms with Gasteiger partial charge in [0.25, 0.3) is 0 Å². The van der Waals surface area contributed by atoms with E-state index in [1.54, 1.807) is 6.08 Å². The summed E-state index contributed by atoms with van der Waals surface area (Å²) >= 11 is 0. The third-order valence-corrected chi connectivity index (χ3v) is 2.21. The average molecular weight is 231 g/mol. The maximum Gasteiger partial charge on any atom is 0.361 e. The third kappa shape index (κ3) is 2.66. The van der Waals surface area contributed by atoms with E-state index in [4.69, 9.17) is 9.15 Å². The summed E-state index contributed by atoms with van der Waals surface area (Å²) in [6, 6.07) is 7.44. The predicted molar refractivity (Wildman–Crippen MR) is 65.3 cm³/mol. The zero-order valence-electron chi connectivity index (χ0n) is 9.53. The molecule has 0 spiro atoms. The number of oxazole rings is 1. The number of benzene rings is 1.